The van der Waals surface area contributed by atoms with Gasteiger partial charge in [0.25, 0.3) is 0 Å². The van der Waals surface area contributed by atoms with E-state index in [4.69, 9.17) is 0 Å². The van der Waals surface area contributed by atoms with E-state index in [0.29, 0.717) is 31.6 Å². The van der Waals surface area contributed by atoms with E-state index < -0.39 is 11.7 Å². The fourth-order valence-corrected chi connectivity index (χ4v) is 3.01. The molecule has 1 N–H and O–H groups in total. The van der Waals surface area contributed by atoms with Gasteiger partial charge in [0.1, 0.15) is 0 Å². The standard InChI is InChI=1S/C17H23F3N2O/c1-3-16(23)22-8-7-15(12(2)11-22)21-10-13-5-4-6-14(9-13)17(18,19)20/h4-6,9,12,15,21H,3,7-8,10-11H2,1-2H3. The van der Waals surface area contributed by atoms with Crippen molar-refractivity contribution in [2.75, 3.05) is 13.1 Å². The van der Waals surface area contributed by atoms with E-state index in [0.717, 1.165) is 12.5 Å². The molecule has 1 saturated heterocycles. The second-order valence-corrected chi connectivity index (χ2v) is 6.14. The maximum Gasteiger partial charge on any atom is 0.416 e. The first-order valence-electron chi connectivity index (χ1n) is 7.98. The molecule has 1 aromatic carbocycles. The minimum absolute atomic E-state index is 0.160. The van der Waals surface area contributed by atoms with Gasteiger partial charge in [-0.2, -0.15) is 13.2 Å². The summed E-state index contributed by atoms with van der Waals surface area (Å²) in [5.74, 6) is 0.443. The third-order valence-corrected chi connectivity index (χ3v) is 4.38. The largest absolute Gasteiger partial charge is 0.416 e. The van der Waals surface area contributed by atoms with Crippen molar-refractivity contribution in [1.29, 1.82) is 0 Å². The maximum atomic E-state index is 12.7. The number of hydrogen-bond acceptors (Lipinski definition) is 2. The Morgan fingerprint density at radius 2 is 2.13 bits per heavy atom. The Bertz CT molecular complexity index is 545. The Hall–Kier alpha value is -1.56. The number of benzene rings is 1. The maximum absolute atomic E-state index is 12.7. The summed E-state index contributed by atoms with van der Waals surface area (Å²) < 4.78 is 38.2. The number of halogens is 3. The summed E-state index contributed by atoms with van der Waals surface area (Å²) in [5, 5.41) is 3.34. The Morgan fingerprint density at radius 1 is 1.39 bits per heavy atom. The van der Waals surface area contributed by atoms with Gasteiger partial charge in [-0.25, -0.2) is 0 Å². The summed E-state index contributed by atoms with van der Waals surface area (Å²) in [6, 6.07) is 5.62. The lowest BCUT2D eigenvalue weighted by Gasteiger charge is -2.37. The molecule has 3 nitrogen and oxygen atoms in total. The van der Waals surface area contributed by atoms with Gasteiger partial charge >= 0.3 is 6.18 Å². The smallest absolute Gasteiger partial charge is 0.342 e. The normalized spacial score (nSPS) is 22.2. The third kappa shape index (κ3) is 4.70. The van der Waals surface area contributed by atoms with Gasteiger partial charge in [-0.05, 0) is 24.0 Å². The van der Waals surface area contributed by atoms with Gasteiger partial charge in [-0.15, -0.1) is 0 Å². The summed E-state index contributed by atoms with van der Waals surface area (Å²) in [6.07, 6.45) is -2.98. The van der Waals surface area contributed by atoms with Crippen LogP contribution in [0.1, 0.15) is 37.8 Å². The number of alkyl halides is 3. The zero-order valence-corrected chi connectivity index (χ0v) is 13.5. The van der Waals surface area contributed by atoms with Crippen LogP contribution in [0.3, 0.4) is 0 Å². The van der Waals surface area contributed by atoms with E-state index in [2.05, 4.69) is 12.2 Å². The Balaban J connectivity index is 1.91. The van der Waals surface area contributed by atoms with Crippen molar-refractivity contribution in [1.82, 2.24) is 10.2 Å². The molecule has 2 unspecified atom stereocenters. The molecule has 0 radical (unpaired) electrons. The van der Waals surface area contributed by atoms with Crippen molar-refractivity contribution in [3.05, 3.63) is 35.4 Å². The minimum atomic E-state index is -4.31. The van der Waals surface area contributed by atoms with Crippen LogP contribution in [0.2, 0.25) is 0 Å². The number of amides is 1. The second-order valence-electron chi connectivity index (χ2n) is 6.14. The van der Waals surface area contributed by atoms with E-state index in [-0.39, 0.29) is 17.9 Å². The Kier molecular flexibility index (Phi) is 5.68. The van der Waals surface area contributed by atoms with E-state index in [9.17, 15) is 18.0 Å². The van der Waals surface area contributed by atoms with Crippen molar-refractivity contribution in [3.8, 4) is 0 Å². The molecule has 2 atom stereocenters. The van der Waals surface area contributed by atoms with Crippen molar-refractivity contribution in [2.24, 2.45) is 5.92 Å². The monoisotopic (exact) mass is 328 g/mol. The molecule has 2 rings (SSSR count). The molecule has 23 heavy (non-hydrogen) atoms. The fraction of sp³-hybridized carbons (Fsp3) is 0.588. The minimum Gasteiger partial charge on any atom is -0.342 e. The summed E-state index contributed by atoms with van der Waals surface area (Å²) in [4.78, 5) is 13.6. The highest BCUT2D eigenvalue weighted by molar-refractivity contribution is 5.75. The lowest BCUT2D eigenvalue weighted by Crippen LogP contribution is -2.49. The number of piperidine rings is 1. The van der Waals surface area contributed by atoms with Gasteiger partial charge in [0, 0.05) is 32.1 Å². The average Bonchev–Trinajstić information content (AvgIpc) is 2.52. The van der Waals surface area contributed by atoms with Crippen molar-refractivity contribution < 1.29 is 18.0 Å². The van der Waals surface area contributed by atoms with Gasteiger partial charge in [-0.3, -0.25) is 4.79 Å². The lowest BCUT2D eigenvalue weighted by molar-refractivity contribution is -0.137. The number of carbonyl (C=O) groups excluding carboxylic acids is 1. The number of likely N-dealkylation sites (tertiary alicyclic amines) is 1. The highest BCUT2D eigenvalue weighted by Crippen LogP contribution is 2.29. The van der Waals surface area contributed by atoms with Crippen LogP contribution in [0.15, 0.2) is 24.3 Å². The van der Waals surface area contributed by atoms with Crippen LogP contribution < -0.4 is 5.32 Å². The van der Waals surface area contributed by atoms with E-state index in [1.54, 1.807) is 6.07 Å². The number of nitrogens with zero attached hydrogens (tertiary/aromatic N) is 1. The van der Waals surface area contributed by atoms with Gasteiger partial charge < -0.3 is 10.2 Å². The number of nitrogens with one attached hydrogen (secondary N) is 1. The second kappa shape index (κ2) is 7.34. The van der Waals surface area contributed by atoms with E-state index in [1.165, 1.54) is 12.1 Å². The quantitative estimate of drug-likeness (QED) is 0.918. The molecule has 0 aromatic heterocycles. The van der Waals surface area contributed by atoms with Crippen molar-refractivity contribution in [2.45, 2.75) is 45.5 Å². The number of carbonyl (C=O) groups is 1. The predicted octanol–water partition coefficient (Wildman–Crippen LogP) is 3.44. The van der Waals surface area contributed by atoms with Crippen LogP contribution in [-0.2, 0) is 17.5 Å². The molecule has 1 aliphatic heterocycles. The van der Waals surface area contributed by atoms with E-state index >= 15 is 0 Å². The van der Waals surface area contributed by atoms with Crippen LogP contribution >= 0.6 is 0 Å². The van der Waals surface area contributed by atoms with Gasteiger partial charge in [0.05, 0.1) is 5.56 Å². The molecule has 6 heteroatoms. The molecule has 1 heterocycles. The lowest BCUT2D eigenvalue weighted by atomic mass is 9.93. The molecule has 0 spiro atoms. The number of rotatable bonds is 4. The topological polar surface area (TPSA) is 32.3 Å². The third-order valence-electron chi connectivity index (χ3n) is 4.38. The molecule has 1 aliphatic rings. The Labute approximate surface area is 134 Å². The molecular weight excluding hydrogens is 305 g/mol. The summed E-state index contributed by atoms with van der Waals surface area (Å²) in [7, 11) is 0. The first-order valence-corrected chi connectivity index (χ1v) is 7.98. The summed E-state index contributed by atoms with van der Waals surface area (Å²) in [5.41, 5.74) is 0.00676. The highest BCUT2D eigenvalue weighted by Gasteiger charge is 2.31. The zero-order chi connectivity index (χ0) is 17.0. The SMILES string of the molecule is CCC(=O)N1CCC(NCc2cccc(C(F)(F)F)c2)C(C)C1. The first-order chi connectivity index (χ1) is 10.8. The highest BCUT2D eigenvalue weighted by atomic mass is 19.4. The molecule has 1 fully saturated rings. The molecule has 0 aliphatic carbocycles. The fourth-order valence-electron chi connectivity index (χ4n) is 3.01. The van der Waals surface area contributed by atoms with Crippen LogP contribution in [0, 0.1) is 5.92 Å². The van der Waals surface area contributed by atoms with Crippen LogP contribution in [-0.4, -0.2) is 29.9 Å². The van der Waals surface area contributed by atoms with Gasteiger partial charge in [0.2, 0.25) is 5.91 Å². The molecule has 0 bridgehead atoms. The van der Waals surface area contributed by atoms with Crippen LogP contribution in [0.25, 0.3) is 0 Å². The predicted molar refractivity (Wildman–Crippen MR) is 82.7 cm³/mol. The van der Waals surface area contributed by atoms with Crippen molar-refractivity contribution in [3.63, 3.8) is 0 Å². The Morgan fingerprint density at radius 3 is 2.74 bits per heavy atom. The molecular formula is C17H23F3N2O. The summed E-state index contributed by atoms with van der Waals surface area (Å²) in [6.45, 7) is 5.73. The average molecular weight is 328 g/mol. The van der Waals surface area contributed by atoms with Crippen molar-refractivity contribution >= 4 is 5.91 Å². The molecule has 128 valence electrons. The van der Waals surface area contributed by atoms with E-state index in [1.807, 2.05) is 11.8 Å². The number of hydrogen-bond donors (Lipinski definition) is 1. The molecule has 1 amide bonds. The molecule has 1 aromatic rings. The first kappa shape index (κ1) is 17.8. The van der Waals surface area contributed by atoms with Crippen LogP contribution in [0.5, 0.6) is 0 Å². The van der Waals surface area contributed by atoms with Gasteiger partial charge in [-0.1, -0.05) is 32.0 Å². The summed E-state index contributed by atoms with van der Waals surface area (Å²) >= 11 is 0. The zero-order valence-electron chi connectivity index (χ0n) is 13.5. The van der Waals surface area contributed by atoms with Gasteiger partial charge in [0.15, 0.2) is 0 Å². The van der Waals surface area contributed by atoms with Crippen LogP contribution in [0.4, 0.5) is 13.2 Å². The molecule has 0 saturated carbocycles.